The van der Waals surface area contributed by atoms with E-state index in [9.17, 15) is 9.59 Å². The summed E-state index contributed by atoms with van der Waals surface area (Å²) in [6.07, 6.45) is 0. The molecule has 2 amide bonds. The third-order valence-electron chi connectivity index (χ3n) is 3.42. The Hall–Kier alpha value is -3.02. The predicted octanol–water partition coefficient (Wildman–Crippen LogP) is 2.66. The van der Waals surface area contributed by atoms with Crippen molar-refractivity contribution in [3.05, 3.63) is 53.6 Å². The molecule has 0 atom stereocenters. The summed E-state index contributed by atoms with van der Waals surface area (Å²) in [6, 6.07) is 12.9. The molecule has 0 heterocycles. The molecule has 132 valence electrons. The van der Waals surface area contributed by atoms with Gasteiger partial charge in [0.05, 0.1) is 12.8 Å². The zero-order chi connectivity index (χ0) is 18.2. The number of hydrogen-bond acceptors (Lipinski definition) is 4. The number of methoxy groups -OCH3 is 1. The van der Waals surface area contributed by atoms with Gasteiger partial charge in [0.15, 0.2) is 6.61 Å². The molecular formula is C19H22N2O4. The number of amides is 2. The summed E-state index contributed by atoms with van der Waals surface area (Å²) < 4.78 is 10.7. The molecule has 0 saturated carbocycles. The number of anilines is 1. The van der Waals surface area contributed by atoms with Gasteiger partial charge in [-0.1, -0.05) is 18.2 Å². The Kier molecular flexibility index (Phi) is 6.39. The van der Waals surface area contributed by atoms with Crippen LogP contribution in [0.25, 0.3) is 0 Å². The average molecular weight is 342 g/mol. The molecule has 0 fully saturated rings. The molecule has 0 spiro atoms. The van der Waals surface area contributed by atoms with Crippen LogP contribution >= 0.6 is 0 Å². The van der Waals surface area contributed by atoms with Gasteiger partial charge in [0.1, 0.15) is 11.5 Å². The van der Waals surface area contributed by atoms with E-state index in [0.29, 0.717) is 23.7 Å². The first-order chi connectivity index (χ1) is 12.0. The number of aryl methyl sites for hydroxylation is 1. The van der Waals surface area contributed by atoms with E-state index in [-0.39, 0.29) is 18.4 Å². The maximum absolute atomic E-state index is 11.9. The highest BCUT2D eigenvalue weighted by Crippen LogP contribution is 2.25. The van der Waals surface area contributed by atoms with Crippen LogP contribution in [0.5, 0.6) is 11.5 Å². The minimum Gasteiger partial charge on any atom is -0.495 e. The normalized spacial score (nSPS) is 10.0. The Morgan fingerprint density at radius 2 is 1.92 bits per heavy atom. The summed E-state index contributed by atoms with van der Waals surface area (Å²) in [5, 5.41) is 5.49. The molecule has 6 nitrogen and oxygen atoms in total. The fourth-order valence-corrected chi connectivity index (χ4v) is 2.26. The molecule has 2 N–H and O–H groups in total. The van der Waals surface area contributed by atoms with Gasteiger partial charge in [-0.2, -0.15) is 0 Å². The summed E-state index contributed by atoms with van der Waals surface area (Å²) in [4.78, 5) is 23.2. The maximum Gasteiger partial charge on any atom is 0.258 e. The van der Waals surface area contributed by atoms with Gasteiger partial charge < -0.3 is 20.1 Å². The predicted molar refractivity (Wildman–Crippen MR) is 95.8 cm³/mol. The molecule has 6 heteroatoms. The zero-order valence-electron chi connectivity index (χ0n) is 14.6. The second-order valence-electron chi connectivity index (χ2n) is 5.60. The highest BCUT2D eigenvalue weighted by Gasteiger charge is 2.08. The maximum atomic E-state index is 11.9. The smallest absolute Gasteiger partial charge is 0.258 e. The summed E-state index contributed by atoms with van der Waals surface area (Å²) in [7, 11) is 1.53. The molecule has 0 aliphatic heterocycles. The van der Waals surface area contributed by atoms with Crippen LogP contribution in [0.1, 0.15) is 18.1 Å². The van der Waals surface area contributed by atoms with E-state index in [1.165, 1.54) is 14.0 Å². The molecule has 0 radical (unpaired) electrons. The lowest BCUT2D eigenvalue weighted by atomic mass is 10.2. The van der Waals surface area contributed by atoms with E-state index in [1.807, 2.05) is 37.3 Å². The number of hydrogen-bond donors (Lipinski definition) is 2. The first-order valence-electron chi connectivity index (χ1n) is 7.88. The third-order valence-corrected chi connectivity index (χ3v) is 3.42. The second-order valence-corrected chi connectivity index (χ2v) is 5.60. The Bertz CT molecular complexity index is 759. The monoisotopic (exact) mass is 342 g/mol. The van der Waals surface area contributed by atoms with Crippen LogP contribution in [0.3, 0.4) is 0 Å². The van der Waals surface area contributed by atoms with Crippen LogP contribution in [-0.4, -0.2) is 25.5 Å². The average Bonchev–Trinajstić information content (AvgIpc) is 2.58. The van der Waals surface area contributed by atoms with Crippen LogP contribution in [0.15, 0.2) is 42.5 Å². The molecule has 0 bridgehead atoms. The van der Waals surface area contributed by atoms with Crippen molar-refractivity contribution >= 4 is 17.5 Å². The Balaban J connectivity index is 1.89. The quantitative estimate of drug-likeness (QED) is 0.811. The fraction of sp³-hybridized carbons (Fsp3) is 0.263. The summed E-state index contributed by atoms with van der Waals surface area (Å²) in [6.45, 7) is 3.66. The number of carbonyl (C=O) groups is 2. The van der Waals surface area contributed by atoms with Crippen molar-refractivity contribution in [1.29, 1.82) is 0 Å². The lowest BCUT2D eigenvalue weighted by Crippen LogP contribution is -2.28. The minimum absolute atomic E-state index is 0.0574. The molecular weight excluding hydrogens is 320 g/mol. The SMILES string of the molecule is COc1ccc(CNC(=O)COc2cccc(C)c2)cc1NC(C)=O. The van der Waals surface area contributed by atoms with Gasteiger partial charge >= 0.3 is 0 Å². The largest absolute Gasteiger partial charge is 0.495 e. The number of carbonyl (C=O) groups excluding carboxylic acids is 2. The number of ether oxygens (including phenoxy) is 2. The van der Waals surface area contributed by atoms with E-state index in [1.54, 1.807) is 12.1 Å². The lowest BCUT2D eigenvalue weighted by molar-refractivity contribution is -0.123. The zero-order valence-corrected chi connectivity index (χ0v) is 14.6. The third kappa shape index (κ3) is 5.84. The molecule has 0 aliphatic carbocycles. The van der Waals surface area contributed by atoms with Crippen LogP contribution in [0, 0.1) is 6.92 Å². The van der Waals surface area contributed by atoms with Crippen molar-refractivity contribution in [2.45, 2.75) is 20.4 Å². The fourth-order valence-electron chi connectivity index (χ4n) is 2.26. The van der Waals surface area contributed by atoms with E-state index in [2.05, 4.69) is 10.6 Å². The van der Waals surface area contributed by atoms with Crippen molar-refractivity contribution in [2.75, 3.05) is 19.0 Å². The molecule has 0 aliphatic rings. The van der Waals surface area contributed by atoms with E-state index in [4.69, 9.17) is 9.47 Å². The number of nitrogens with one attached hydrogen (secondary N) is 2. The van der Waals surface area contributed by atoms with E-state index >= 15 is 0 Å². The highest BCUT2D eigenvalue weighted by molar-refractivity contribution is 5.90. The van der Waals surface area contributed by atoms with Gasteiger partial charge in [0, 0.05) is 13.5 Å². The minimum atomic E-state index is -0.224. The number of benzene rings is 2. The van der Waals surface area contributed by atoms with Crippen LogP contribution < -0.4 is 20.1 Å². The van der Waals surface area contributed by atoms with Gasteiger partial charge in [0.2, 0.25) is 5.91 Å². The van der Waals surface area contributed by atoms with Gasteiger partial charge in [-0.15, -0.1) is 0 Å². The molecule has 25 heavy (non-hydrogen) atoms. The van der Waals surface area contributed by atoms with Gasteiger partial charge in [-0.05, 0) is 42.3 Å². The topological polar surface area (TPSA) is 76.7 Å². The van der Waals surface area contributed by atoms with Crippen molar-refractivity contribution in [2.24, 2.45) is 0 Å². The molecule has 2 aromatic rings. The van der Waals surface area contributed by atoms with Gasteiger partial charge in [-0.25, -0.2) is 0 Å². The van der Waals surface area contributed by atoms with Crippen LogP contribution in [-0.2, 0) is 16.1 Å². The molecule has 0 aromatic heterocycles. The Labute approximate surface area is 147 Å². The van der Waals surface area contributed by atoms with Crippen molar-refractivity contribution in [3.63, 3.8) is 0 Å². The van der Waals surface area contributed by atoms with E-state index < -0.39 is 0 Å². The molecule has 0 unspecified atom stereocenters. The summed E-state index contributed by atoms with van der Waals surface area (Å²) in [5.41, 5.74) is 2.48. The standard InChI is InChI=1S/C19H22N2O4/c1-13-5-4-6-16(9-13)25-12-19(23)20-11-15-7-8-18(24-3)17(10-15)21-14(2)22/h4-10H,11-12H2,1-3H3,(H,20,23)(H,21,22). The van der Waals surface area contributed by atoms with Crippen LogP contribution in [0.2, 0.25) is 0 Å². The van der Waals surface area contributed by atoms with Gasteiger partial charge in [0.25, 0.3) is 5.91 Å². The lowest BCUT2D eigenvalue weighted by Gasteiger charge is -2.12. The summed E-state index contributed by atoms with van der Waals surface area (Å²) in [5.74, 6) is 0.810. The number of rotatable bonds is 7. The molecule has 2 aromatic carbocycles. The van der Waals surface area contributed by atoms with Crippen LogP contribution in [0.4, 0.5) is 5.69 Å². The van der Waals surface area contributed by atoms with Gasteiger partial charge in [-0.3, -0.25) is 9.59 Å². The molecule has 2 rings (SSSR count). The summed E-state index contributed by atoms with van der Waals surface area (Å²) >= 11 is 0. The second kappa shape index (κ2) is 8.73. The highest BCUT2D eigenvalue weighted by atomic mass is 16.5. The van der Waals surface area contributed by atoms with Crippen molar-refractivity contribution in [1.82, 2.24) is 5.32 Å². The molecule has 0 saturated heterocycles. The van der Waals surface area contributed by atoms with Crippen molar-refractivity contribution < 1.29 is 19.1 Å². The first kappa shape index (κ1) is 18.3. The van der Waals surface area contributed by atoms with Crippen molar-refractivity contribution in [3.8, 4) is 11.5 Å². The Morgan fingerprint density at radius 1 is 1.12 bits per heavy atom. The van der Waals surface area contributed by atoms with E-state index in [0.717, 1.165) is 11.1 Å². The first-order valence-corrected chi connectivity index (χ1v) is 7.88. The Morgan fingerprint density at radius 3 is 2.60 bits per heavy atom.